The number of allylic oxidation sites excluding steroid dienone is 2. The van der Waals surface area contributed by atoms with Gasteiger partial charge in [0.2, 0.25) is 0 Å². The Kier molecular flexibility index (Phi) is 8.43. The van der Waals surface area contributed by atoms with E-state index in [1.807, 2.05) is 0 Å². The SMILES string of the molecule is CC1(C)c2ccccc2-c2cc3c4ccccc4n(-c4cccc5c6c(n(-c7ccccc7)c45)=C(C4=NC(c5ccccc5)=CCC/C=C(\c5ccccc5)N4)CCC=6)c3cc21. The average molecular weight is 799 g/mol. The molecule has 0 fully saturated rings. The lowest BCUT2D eigenvalue weighted by Gasteiger charge is -2.22. The number of hydrogen-bond acceptors (Lipinski definition) is 2. The van der Waals surface area contributed by atoms with Gasteiger partial charge in [0.25, 0.3) is 0 Å². The minimum atomic E-state index is -0.125. The molecule has 0 spiro atoms. The normalized spacial score (nSPS) is 16.5. The largest absolute Gasteiger partial charge is 0.340 e. The molecule has 62 heavy (non-hydrogen) atoms. The lowest BCUT2D eigenvalue weighted by Crippen LogP contribution is -2.39. The first-order chi connectivity index (χ1) is 30.5. The van der Waals surface area contributed by atoms with Crippen molar-refractivity contribution >= 4 is 61.6 Å². The van der Waals surface area contributed by atoms with Gasteiger partial charge in [-0.1, -0.05) is 166 Å². The van der Waals surface area contributed by atoms with Gasteiger partial charge >= 0.3 is 0 Å². The van der Waals surface area contributed by atoms with E-state index in [9.17, 15) is 0 Å². The van der Waals surface area contributed by atoms with E-state index < -0.39 is 0 Å². The zero-order valence-corrected chi connectivity index (χ0v) is 35.1. The molecule has 4 nitrogen and oxygen atoms in total. The van der Waals surface area contributed by atoms with Gasteiger partial charge in [-0.3, -0.25) is 0 Å². The van der Waals surface area contributed by atoms with Crippen LogP contribution in [0.25, 0.3) is 78.3 Å². The number of nitrogens with one attached hydrogen (secondary N) is 1. The Morgan fingerprint density at radius 3 is 2.05 bits per heavy atom. The lowest BCUT2D eigenvalue weighted by atomic mass is 9.82. The molecular weight excluding hydrogens is 753 g/mol. The zero-order valence-electron chi connectivity index (χ0n) is 35.1. The molecule has 1 N–H and O–H groups in total. The highest BCUT2D eigenvalue weighted by atomic mass is 15.1. The molecule has 0 saturated carbocycles. The molecule has 4 heteroatoms. The van der Waals surface area contributed by atoms with Crippen molar-refractivity contribution in [3.63, 3.8) is 0 Å². The Labute approximate surface area is 361 Å². The van der Waals surface area contributed by atoms with E-state index in [0.29, 0.717) is 0 Å². The molecule has 0 amide bonds. The van der Waals surface area contributed by atoms with Crippen LogP contribution in [0.5, 0.6) is 0 Å². The summed E-state index contributed by atoms with van der Waals surface area (Å²) < 4.78 is 5.08. The molecule has 0 unspecified atom stereocenters. The molecular formula is C58H46N4. The van der Waals surface area contributed by atoms with Crippen molar-refractivity contribution in [3.05, 3.63) is 215 Å². The van der Waals surface area contributed by atoms with Crippen LogP contribution in [0.4, 0.5) is 0 Å². The van der Waals surface area contributed by atoms with E-state index in [1.165, 1.54) is 71.1 Å². The third-order valence-corrected chi connectivity index (χ3v) is 13.4. The summed E-state index contributed by atoms with van der Waals surface area (Å²) in [5.41, 5.74) is 16.8. The molecule has 1 aliphatic heterocycles. The van der Waals surface area contributed by atoms with Gasteiger partial charge in [-0.25, -0.2) is 4.99 Å². The first kappa shape index (κ1) is 36.4. The van der Waals surface area contributed by atoms with Crippen molar-refractivity contribution in [2.45, 2.75) is 44.9 Å². The van der Waals surface area contributed by atoms with Crippen molar-refractivity contribution in [2.24, 2.45) is 4.99 Å². The second kappa shape index (κ2) is 14.4. The minimum Gasteiger partial charge on any atom is -0.340 e. The molecule has 3 aliphatic rings. The third kappa shape index (κ3) is 5.63. The molecule has 0 atom stereocenters. The molecule has 0 radical (unpaired) electrons. The topological polar surface area (TPSA) is 34.2 Å². The maximum atomic E-state index is 5.64. The van der Waals surface area contributed by atoms with Gasteiger partial charge in [0.05, 0.1) is 33.3 Å². The second-order valence-corrected chi connectivity index (χ2v) is 17.4. The Morgan fingerprint density at radius 1 is 0.532 bits per heavy atom. The van der Waals surface area contributed by atoms with Gasteiger partial charge in [0.1, 0.15) is 5.84 Å². The lowest BCUT2D eigenvalue weighted by molar-refractivity contribution is 0.661. The van der Waals surface area contributed by atoms with Crippen molar-refractivity contribution in [1.82, 2.24) is 14.5 Å². The maximum absolute atomic E-state index is 5.64. The average Bonchev–Trinajstić information content (AvgIpc) is 3.94. The summed E-state index contributed by atoms with van der Waals surface area (Å²) in [4.78, 5) is 5.64. The summed E-state index contributed by atoms with van der Waals surface area (Å²) in [7, 11) is 0. The first-order valence-electron chi connectivity index (χ1n) is 22.0. The second-order valence-electron chi connectivity index (χ2n) is 17.4. The Bertz CT molecular complexity index is 3490. The van der Waals surface area contributed by atoms with E-state index in [-0.39, 0.29) is 5.41 Å². The van der Waals surface area contributed by atoms with Gasteiger partial charge in [-0.2, -0.15) is 0 Å². The highest BCUT2D eigenvalue weighted by molar-refractivity contribution is 6.22. The number of hydrogen-bond donors (Lipinski definition) is 1. The van der Waals surface area contributed by atoms with Gasteiger partial charge in [-0.05, 0) is 95.5 Å². The van der Waals surface area contributed by atoms with Crippen LogP contribution in [0.2, 0.25) is 0 Å². The fraction of sp³-hybridized carbons (Fsp3) is 0.121. The van der Waals surface area contributed by atoms with Crippen LogP contribution in [-0.2, 0) is 5.41 Å². The number of benzene rings is 7. The Hall–Kier alpha value is -7.43. The molecule has 3 heterocycles. The summed E-state index contributed by atoms with van der Waals surface area (Å²) in [6, 6.07) is 62.1. The predicted molar refractivity (Wildman–Crippen MR) is 260 cm³/mol. The number of aliphatic imine (C=N–C) groups is 1. The fourth-order valence-electron chi connectivity index (χ4n) is 10.6. The number of para-hydroxylation sites is 3. The molecule has 0 saturated heterocycles. The molecule has 12 rings (SSSR count). The highest BCUT2D eigenvalue weighted by Crippen LogP contribution is 2.51. The van der Waals surface area contributed by atoms with E-state index in [4.69, 9.17) is 4.99 Å². The van der Waals surface area contributed by atoms with Crippen LogP contribution in [0.15, 0.2) is 187 Å². The van der Waals surface area contributed by atoms with Crippen molar-refractivity contribution in [2.75, 3.05) is 0 Å². The molecule has 9 aromatic rings. The summed E-state index contributed by atoms with van der Waals surface area (Å²) >= 11 is 0. The number of nitrogens with zero attached hydrogens (tertiary/aromatic N) is 3. The molecule has 7 aromatic carbocycles. The van der Waals surface area contributed by atoms with Gasteiger partial charge in [-0.15, -0.1) is 0 Å². The van der Waals surface area contributed by atoms with Crippen LogP contribution in [0, 0.1) is 0 Å². The zero-order chi connectivity index (χ0) is 41.4. The Balaban J connectivity index is 1.18. The van der Waals surface area contributed by atoms with E-state index in [0.717, 1.165) is 65.4 Å². The standard InChI is InChI=1S/C58H46N4/c1-58(2)48-31-14-12-26-41(48)46-36-47-42-27-13-17-34-52(42)62(54(47)37-49(46)58)53-35-19-29-44-43-28-18-30-45(55(43)61(56(44)53)40-24-10-5-11-25-40)57-59-50(38-20-6-3-7-21-38)32-15-16-33-51(60-57)39-22-8-4-9-23-39/h3-14,17,19-29,31-37H,15-16,18,30H2,1-2H3,(H,59,60)/b50-32+,51-33?. The number of fused-ring (bicyclic) bond motifs is 9. The maximum Gasteiger partial charge on any atom is 0.136 e. The molecule has 298 valence electrons. The van der Waals surface area contributed by atoms with Gasteiger partial charge in [0, 0.05) is 43.7 Å². The molecule has 2 aliphatic carbocycles. The number of rotatable bonds is 5. The van der Waals surface area contributed by atoms with E-state index in [1.54, 1.807) is 0 Å². The molecule has 2 aromatic heterocycles. The number of amidine groups is 1. The molecule has 0 bridgehead atoms. The third-order valence-electron chi connectivity index (χ3n) is 13.4. The van der Waals surface area contributed by atoms with Crippen LogP contribution < -0.4 is 15.9 Å². The first-order valence-corrected chi connectivity index (χ1v) is 22.0. The van der Waals surface area contributed by atoms with Crippen molar-refractivity contribution in [3.8, 4) is 22.5 Å². The van der Waals surface area contributed by atoms with Crippen LogP contribution in [-0.4, -0.2) is 15.0 Å². The summed E-state index contributed by atoms with van der Waals surface area (Å²) in [6.45, 7) is 4.76. The van der Waals surface area contributed by atoms with Crippen LogP contribution in [0.1, 0.15) is 61.8 Å². The fourth-order valence-corrected chi connectivity index (χ4v) is 10.6. The summed E-state index contributed by atoms with van der Waals surface area (Å²) in [5.74, 6) is 0.891. The van der Waals surface area contributed by atoms with Gasteiger partial charge in [0.15, 0.2) is 0 Å². The monoisotopic (exact) mass is 798 g/mol. The predicted octanol–water partition coefficient (Wildman–Crippen LogP) is 12.6. The van der Waals surface area contributed by atoms with Crippen molar-refractivity contribution in [1.29, 1.82) is 0 Å². The van der Waals surface area contributed by atoms with Crippen molar-refractivity contribution < 1.29 is 0 Å². The van der Waals surface area contributed by atoms with Crippen LogP contribution >= 0.6 is 0 Å². The van der Waals surface area contributed by atoms with Crippen LogP contribution in [0.3, 0.4) is 0 Å². The van der Waals surface area contributed by atoms with Gasteiger partial charge < -0.3 is 14.5 Å². The smallest absolute Gasteiger partial charge is 0.136 e. The minimum absolute atomic E-state index is 0.125. The van der Waals surface area contributed by atoms with E-state index >= 15 is 0 Å². The Morgan fingerprint density at radius 2 is 1.23 bits per heavy atom. The summed E-state index contributed by atoms with van der Waals surface area (Å²) in [6.07, 6.45) is 10.7. The quantitative estimate of drug-likeness (QED) is 0.185. The van der Waals surface area contributed by atoms with E-state index in [2.05, 4.69) is 216 Å². The highest BCUT2D eigenvalue weighted by Gasteiger charge is 2.36. The number of aromatic nitrogens is 2. The summed E-state index contributed by atoms with van der Waals surface area (Å²) in [5, 5.41) is 10.2.